The molecule has 0 spiro atoms. The minimum absolute atomic E-state index is 0.664. The number of hydrogen-bond donors (Lipinski definition) is 2. The molecule has 114 valence electrons. The number of rotatable bonds is 5. The molecule has 0 aromatic carbocycles. The first-order chi connectivity index (χ1) is 10.3. The summed E-state index contributed by atoms with van der Waals surface area (Å²) in [6.45, 7) is 8.18. The second-order valence-electron chi connectivity index (χ2n) is 5.54. The summed E-state index contributed by atoms with van der Waals surface area (Å²) >= 11 is 0. The van der Waals surface area contributed by atoms with Crippen LogP contribution in [0.1, 0.15) is 25.5 Å². The molecule has 2 N–H and O–H groups in total. The standard InChI is InChI=1S/C14H22N6O/c1-3-15-9-11-4-6-20(7-5-11)14-16-13(17-18-14)12-8-10(2)21-19-12/h8,11,15H,3-7,9H2,1-2H3,(H,16,17,18). The largest absolute Gasteiger partial charge is 0.361 e. The Morgan fingerprint density at radius 2 is 2.24 bits per heavy atom. The van der Waals surface area contributed by atoms with Crippen molar-refractivity contribution in [3.63, 3.8) is 0 Å². The van der Waals surface area contributed by atoms with Crippen molar-refractivity contribution in [1.29, 1.82) is 0 Å². The molecule has 0 bridgehead atoms. The average Bonchev–Trinajstić information content (AvgIpc) is 3.14. The van der Waals surface area contributed by atoms with E-state index in [-0.39, 0.29) is 0 Å². The second kappa shape index (κ2) is 6.26. The number of hydrogen-bond acceptors (Lipinski definition) is 6. The number of H-pyrrole nitrogens is 1. The molecule has 21 heavy (non-hydrogen) atoms. The van der Waals surface area contributed by atoms with Crippen molar-refractivity contribution in [3.8, 4) is 11.5 Å². The Hall–Kier alpha value is -1.89. The van der Waals surface area contributed by atoms with E-state index in [0.29, 0.717) is 11.5 Å². The van der Waals surface area contributed by atoms with Gasteiger partial charge in [0, 0.05) is 19.2 Å². The lowest BCUT2D eigenvalue weighted by atomic mass is 9.97. The summed E-state index contributed by atoms with van der Waals surface area (Å²) in [7, 11) is 0. The summed E-state index contributed by atoms with van der Waals surface area (Å²) in [5.74, 6) is 2.95. The van der Waals surface area contributed by atoms with E-state index in [4.69, 9.17) is 4.52 Å². The van der Waals surface area contributed by atoms with Gasteiger partial charge in [0.05, 0.1) is 0 Å². The van der Waals surface area contributed by atoms with Gasteiger partial charge in [-0.2, -0.15) is 4.98 Å². The van der Waals surface area contributed by atoms with Crippen molar-refractivity contribution in [1.82, 2.24) is 25.7 Å². The van der Waals surface area contributed by atoms with Crippen molar-refractivity contribution in [2.24, 2.45) is 5.92 Å². The molecule has 1 aliphatic heterocycles. The third-order valence-electron chi connectivity index (χ3n) is 3.92. The van der Waals surface area contributed by atoms with Crippen LogP contribution in [0, 0.1) is 12.8 Å². The first kappa shape index (κ1) is 14.1. The third-order valence-corrected chi connectivity index (χ3v) is 3.92. The third kappa shape index (κ3) is 3.24. The quantitative estimate of drug-likeness (QED) is 0.870. The Morgan fingerprint density at radius 3 is 2.90 bits per heavy atom. The number of aryl methyl sites for hydroxylation is 1. The van der Waals surface area contributed by atoms with Crippen molar-refractivity contribution < 1.29 is 4.52 Å². The fourth-order valence-corrected chi connectivity index (χ4v) is 2.67. The smallest absolute Gasteiger partial charge is 0.245 e. The summed E-state index contributed by atoms with van der Waals surface area (Å²) in [5, 5.41) is 14.6. The summed E-state index contributed by atoms with van der Waals surface area (Å²) < 4.78 is 5.07. The maximum atomic E-state index is 5.07. The van der Waals surface area contributed by atoms with Gasteiger partial charge < -0.3 is 14.7 Å². The Labute approximate surface area is 124 Å². The molecule has 7 heteroatoms. The van der Waals surface area contributed by atoms with Crippen LogP contribution in [0.25, 0.3) is 11.5 Å². The molecule has 3 heterocycles. The van der Waals surface area contributed by atoms with Crippen LogP contribution in [-0.4, -0.2) is 46.5 Å². The van der Waals surface area contributed by atoms with Crippen molar-refractivity contribution >= 4 is 5.95 Å². The molecule has 0 aliphatic carbocycles. The lowest BCUT2D eigenvalue weighted by Crippen LogP contribution is -2.37. The van der Waals surface area contributed by atoms with E-state index >= 15 is 0 Å². The highest BCUT2D eigenvalue weighted by molar-refractivity contribution is 5.50. The molecular weight excluding hydrogens is 268 g/mol. The summed E-state index contributed by atoms with van der Waals surface area (Å²) in [4.78, 5) is 6.76. The highest BCUT2D eigenvalue weighted by atomic mass is 16.5. The van der Waals surface area contributed by atoms with Crippen LogP contribution in [0.4, 0.5) is 5.95 Å². The molecule has 0 unspecified atom stereocenters. The van der Waals surface area contributed by atoms with Gasteiger partial charge in [-0.05, 0) is 38.8 Å². The SMILES string of the molecule is CCNCC1CCN(c2n[nH]c(-c3cc(C)on3)n2)CC1. The maximum absolute atomic E-state index is 5.07. The lowest BCUT2D eigenvalue weighted by molar-refractivity contribution is 0.384. The molecule has 0 atom stereocenters. The molecule has 1 aliphatic rings. The summed E-state index contributed by atoms with van der Waals surface area (Å²) in [6.07, 6.45) is 2.36. The van der Waals surface area contributed by atoms with Gasteiger partial charge in [0.25, 0.3) is 0 Å². The van der Waals surface area contributed by atoms with E-state index in [0.717, 1.165) is 43.8 Å². The molecule has 2 aromatic heterocycles. The van der Waals surface area contributed by atoms with Gasteiger partial charge in [-0.3, -0.25) is 5.10 Å². The minimum Gasteiger partial charge on any atom is -0.361 e. The van der Waals surface area contributed by atoms with E-state index in [2.05, 4.69) is 37.5 Å². The van der Waals surface area contributed by atoms with Gasteiger partial charge in [0.1, 0.15) is 5.76 Å². The number of anilines is 1. The van der Waals surface area contributed by atoms with Crippen LogP contribution in [0.15, 0.2) is 10.6 Å². The predicted molar refractivity (Wildman–Crippen MR) is 80.1 cm³/mol. The van der Waals surface area contributed by atoms with Gasteiger partial charge >= 0.3 is 0 Å². The Kier molecular flexibility index (Phi) is 4.19. The van der Waals surface area contributed by atoms with Gasteiger partial charge in [-0.25, -0.2) is 0 Å². The number of aromatic amines is 1. The van der Waals surface area contributed by atoms with Crippen molar-refractivity contribution in [2.75, 3.05) is 31.1 Å². The Bertz CT molecular complexity index is 570. The first-order valence-corrected chi connectivity index (χ1v) is 7.58. The zero-order valence-electron chi connectivity index (χ0n) is 12.6. The molecule has 0 amide bonds. The molecule has 3 rings (SSSR count). The highest BCUT2D eigenvalue weighted by Crippen LogP contribution is 2.22. The molecule has 2 aromatic rings. The van der Waals surface area contributed by atoms with Crippen LogP contribution in [0.2, 0.25) is 0 Å². The van der Waals surface area contributed by atoms with Gasteiger partial charge in [0.2, 0.25) is 5.95 Å². The molecule has 0 radical (unpaired) electrons. The van der Waals surface area contributed by atoms with E-state index in [9.17, 15) is 0 Å². The zero-order valence-corrected chi connectivity index (χ0v) is 12.6. The monoisotopic (exact) mass is 290 g/mol. The maximum Gasteiger partial charge on any atom is 0.245 e. The van der Waals surface area contributed by atoms with Crippen molar-refractivity contribution in [2.45, 2.75) is 26.7 Å². The van der Waals surface area contributed by atoms with Crippen LogP contribution in [0.5, 0.6) is 0 Å². The fourth-order valence-electron chi connectivity index (χ4n) is 2.67. The van der Waals surface area contributed by atoms with Crippen LogP contribution >= 0.6 is 0 Å². The number of nitrogens with one attached hydrogen (secondary N) is 2. The summed E-state index contributed by atoms with van der Waals surface area (Å²) in [6, 6.07) is 1.85. The van der Waals surface area contributed by atoms with Gasteiger partial charge in [-0.15, -0.1) is 5.10 Å². The number of aromatic nitrogens is 4. The topological polar surface area (TPSA) is 82.9 Å². The van der Waals surface area contributed by atoms with Gasteiger partial charge in [-0.1, -0.05) is 12.1 Å². The molecular formula is C14H22N6O. The fraction of sp³-hybridized carbons (Fsp3) is 0.643. The average molecular weight is 290 g/mol. The Morgan fingerprint density at radius 1 is 1.43 bits per heavy atom. The molecule has 7 nitrogen and oxygen atoms in total. The van der Waals surface area contributed by atoms with Crippen LogP contribution in [-0.2, 0) is 0 Å². The number of nitrogens with zero attached hydrogens (tertiary/aromatic N) is 4. The van der Waals surface area contributed by atoms with Crippen LogP contribution in [0.3, 0.4) is 0 Å². The summed E-state index contributed by atoms with van der Waals surface area (Å²) in [5.41, 5.74) is 0.702. The van der Waals surface area contributed by atoms with Crippen molar-refractivity contribution in [3.05, 3.63) is 11.8 Å². The minimum atomic E-state index is 0.664. The van der Waals surface area contributed by atoms with Gasteiger partial charge in [0.15, 0.2) is 11.5 Å². The second-order valence-corrected chi connectivity index (χ2v) is 5.54. The van der Waals surface area contributed by atoms with E-state index < -0.39 is 0 Å². The van der Waals surface area contributed by atoms with E-state index in [1.807, 2.05) is 13.0 Å². The van der Waals surface area contributed by atoms with E-state index in [1.165, 1.54) is 12.8 Å². The molecule has 1 fully saturated rings. The number of piperidine rings is 1. The van der Waals surface area contributed by atoms with E-state index in [1.54, 1.807) is 0 Å². The zero-order chi connectivity index (χ0) is 14.7. The first-order valence-electron chi connectivity index (χ1n) is 7.58. The normalized spacial score (nSPS) is 16.6. The lowest BCUT2D eigenvalue weighted by Gasteiger charge is -2.31. The Balaban J connectivity index is 1.60. The van der Waals surface area contributed by atoms with Crippen LogP contribution < -0.4 is 10.2 Å². The highest BCUT2D eigenvalue weighted by Gasteiger charge is 2.22. The molecule has 0 saturated carbocycles. The molecule has 1 saturated heterocycles. The predicted octanol–water partition coefficient (Wildman–Crippen LogP) is 1.59.